The van der Waals surface area contributed by atoms with Crippen LogP contribution in [-0.4, -0.2) is 33.5 Å². The highest BCUT2D eigenvalue weighted by molar-refractivity contribution is 5.94. The van der Waals surface area contributed by atoms with Crippen molar-refractivity contribution in [2.24, 2.45) is 0 Å². The number of aromatic nitrogens is 3. The maximum absolute atomic E-state index is 12.0. The van der Waals surface area contributed by atoms with Crippen molar-refractivity contribution in [3.05, 3.63) is 72.3 Å². The molecule has 0 aliphatic heterocycles. The Kier molecular flexibility index (Phi) is 4.86. The topological polar surface area (TPSA) is 71.8 Å². The fourth-order valence-corrected chi connectivity index (χ4v) is 2.32. The van der Waals surface area contributed by atoms with E-state index in [4.69, 9.17) is 0 Å². The molecule has 2 heterocycles. The lowest BCUT2D eigenvalue weighted by Gasteiger charge is -2.10. The van der Waals surface area contributed by atoms with E-state index in [1.54, 1.807) is 12.1 Å². The predicted octanol–water partition coefficient (Wildman–Crippen LogP) is 2.42. The first-order chi connectivity index (χ1) is 11.7. The smallest absolute Gasteiger partial charge is 0.251 e. The summed E-state index contributed by atoms with van der Waals surface area (Å²) in [5.41, 5.74) is 0.658. The largest absolute Gasteiger partial charge is 0.368 e. The normalized spacial score (nSPS) is 10.4. The van der Waals surface area contributed by atoms with Gasteiger partial charge in [-0.05, 0) is 31.2 Å². The number of hydrogen-bond acceptors (Lipinski definition) is 4. The van der Waals surface area contributed by atoms with Gasteiger partial charge in [0.1, 0.15) is 17.5 Å². The average Bonchev–Trinajstić information content (AvgIpc) is 3.13. The van der Waals surface area contributed by atoms with Gasteiger partial charge in [0.2, 0.25) is 0 Å². The molecule has 0 bridgehead atoms. The van der Waals surface area contributed by atoms with Crippen molar-refractivity contribution in [1.29, 1.82) is 0 Å². The summed E-state index contributed by atoms with van der Waals surface area (Å²) in [6.45, 7) is 2.95. The first-order valence-corrected chi connectivity index (χ1v) is 7.78. The lowest BCUT2D eigenvalue weighted by atomic mass is 10.2. The van der Waals surface area contributed by atoms with Crippen LogP contribution < -0.4 is 10.6 Å². The Bertz CT molecular complexity index is 800. The Hall–Kier alpha value is -3.15. The molecule has 2 N–H and O–H groups in total. The molecule has 0 saturated carbocycles. The van der Waals surface area contributed by atoms with Crippen LogP contribution in [0, 0.1) is 6.92 Å². The van der Waals surface area contributed by atoms with Crippen LogP contribution in [0.3, 0.4) is 0 Å². The highest BCUT2D eigenvalue weighted by atomic mass is 16.1. The molecule has 0 saturated heterocycles. The van der Waals surface area contributed by atoms with Crippen molar-refractivity contribution in [2.45, 2.75) is 6.92 Å². The minimum absolute atomic E-state index is 0.0794. The fraction of sp³-hybridized carbons (Fsp3) is 0.167. The van der Waals surface area contributed by atoms with Crippen LogP contribution in [0.5, 0.6) is 0 Å². The molecule has 0 spiro atoms. The van der Waals surface area contributed by atoms with E-state index in [0.29, 0.717) is 24.5 Å². The minimum Gasteiger partial charge on any atom is -0.368 e. The first kappa shape index (κ1) is 15.7. The summed E-state index contributed by atoms with van der Waals surface area (Å²) < 4.78 is 1.93. The Morgan fingerprint density at radius 3 is 2.54 bits per heavy atom. The highest BCUT2D eigenvalue weighted by Gasteiger charge is 2.05. The summed E-state index contributed by atoms with van der Waals surface area (Å²) in [6.07, 6.45) is 3.87. The number of benzene rings is 1. The van der Waals surface area contributed by atoms with Gasteiger partial charge in [0.05, 0.1) is 0 Å². The number of amides is 1. The molecule has 6 nitrogen and oxygen atoms in total. The molecule has 0 unspecified atom stereocenters. The van der Waals surface area contributed by atoms with Gasteiger partial charge in [-0.1, -0.05) is 18.2 Å². The number of anilines is 1. The minimum atomic E-state index is -0.0794. The molecule has 24 heavy (non-hydrogen) atoms. The third-order valence-electron chi connectivity index (χ3n) is 3.45. The molecule has 2 aromatic heterocycles. The first-order valence-electron chi connectivity index (χ1n) is 7.78. The van der Waals surface area contributed by atoms with E-state index in [1.807, 2.05) is 60.3 Å². The Labute approximate surface area is 140 Å². The summed E-state index contributed by atoms with van der Waals surface area (Å²) in [5, 5.41) is 6.09. The molecular formula is C18H19N5O. The molecule has 0 aliphatic carbocycles. The van der Waals surface area contributed by atoms with E-state index in [1.165, 1.54) is 0 Å². The fourth-order valence-electron chi connectivity index (χ4n) is 2.32. The summed E-state index contributed by atoms with van der Waals surface area (Å²) in [4.78, 5) is 20.7. The van der Waals surface area contributed by atoms with Crippen LogP contribution in [0.4, 0.5) is 5.82 Å². The number of hydrogen-bond donors (Lipinski definition) is 2. The van der Waals surface area contributed by atoms with Crippen LogP contribution in [0.1, 0.15) is 16.2 Å². The predicted molar refractivity (Wildman–Crippen MR) is 93.4 cm³/mol. The quantitative estimate of drug-likeness (QED) is 0.684. The highest BCUT2D eigenvalue weighted by Crippen LogP contribution is 2.11. The van der Waals surface area contributed by atoms with Gasteiger partial charge in [-0.25, -0.2) is 9.97 Å². The zero-order chi connectivity index (χ0) is 16.8. The molecule has 1 amide bonds. The zero-order valence-electron chi connectivity index (χ0n) is 13.4. The van der Waals surface area contributed by atoms with E-state index < -0.39 is 0 Å². The summed E-state index contributed by atoms with van der Waals surface area (Å²) >= 11 is 0. The number of carbonyl (C=O) groups excluding carboxylic acids is 1. The average molecular weight is 321 g/mol. The molecule has 3 rings (SSSR count). The van der Waals surface area contributed by atoms with Crippen LogP contribution in [-0.2, 0) is 0 Å². The van der Waals surface area contributed by atoms with Gasteiger partial charge >= 0.3 is 0 Å². The van der Waals surface area contributed by atoms with Crippen LogP contribution >= 0.6 is 0 Å². The second kappa shape index (κ2) is 7.41. The number of carbonyl (C=O) groups is 1. The molecule has 0 fully saturated rings. The lowest BCUT2D eigenvalue weighted by molar-refractivity contribution is 0.0955. The number of nitrogens with zero attached hydrogens (tertiary/aromatic N) is 3. The number of nitrogens with one attached hydrogen (secondary N) is 2. The van der Waals surface area contributed by atoms with Gasteiger partial charge < -0.3 is 15.2 Å². The summed E-state index contributed by atoms with van der Waals surface area (Å²) in [6, 6.07) is 14.9. The van der Waals surface area contributed by atoms with Gasteiger partial charge in [0, 0.05) is 37.1 Å². The van der Waals surface area contributed by atoms with Gasteiger partial charge in [-0.3, -0.25) is 4.79 Å². The monoisotopic (exact) mass is 321 g/mol. The molecule has 122 valence electrons. The zero-order valence-corrected chi connectivity index (χ0v) is 13.4. The van der Waals surface area contributed by atoms with Crippen LogP contribution in [0.25, 0.3) is 5.82 Å². The summed E-state index contributed by atoms with van der Waals surface area (Å²) in [7, 11) is 0. The van der Waals surface area contributed by atoms with Gasteiger partial charge in [0.15, 0.2) is 0 Å². The molecule has 0 radical (unpaired) electrons. The van der Waals surface area contributed by atoms with Gasteiger partial charge in [0.25, 0.3) is 5.91 Å². The standard InChI is InChI=1S/C18H19N5O/c1-14-21-16(13-17(22-14)23-11-5-6-12-23)19-9-10-20-18(24)15-7-3-2-4-8-15/h2-8,11-13H,9-10H2,1H3,(H,20,24)(H,19,21,22). The van der Waals surface area contributed by atoms with Crippen molar-refractivity contribution in [2.75, 3.05) is 18.4 Å². The SMILES string of the molecule is Cc1nc(NCCNC(=O)c2ccccc2)cc(-n2cccc2)n1. The second-order valence-corrected chi connectivity index (χ2v) is 5.30. The molecular weight excluding hydrogens is 302 g/mol. The molecule has 0 atom stereocenters. The summed E-state index contributed by atoms with van der Waals surface area (Å²) in [5.74, 6) is 2.16. The number of aryl methyl sites for hydroxylation is 1. The van der Waals surface area contributed by atoms with E-state index in [-0.39, 0.29) is 5.91 Å². The van der Waals surface area contributed by atoms with Crippen LogP contribution in [0.2, 0.25) is 0 Å². The maximum Gasteiger partial charge on any atom is 0.251 e. The Morgan fingerprint density at radius 2 is 1.79 bits per heavy atom. The number of rotatable bonds is 6. The third-order valence-corrected chi connectivity index (χ3v) is 3.45. The molecule has 0 aliphatic rings. The van der Waals surface area contributed by atoms with Gasteiger partial charge in [-0.2, -0.15) is 0 Å². The van der Waals surface area contributed by atoms with Crippen molar-refractivity contribution in [3.8, 4) is 5.82 Å². The molecule has 3 aromatic rings. The maximum atomic E-state index is 12.0. The third kappa shape index (κ3) is 3.98. The lowest BCUT2D eigenvalue weighted by Crippen LogP contribution is -2.28. The molecule has 6 heteroatoms. The Balaban J connectivity index is 1.54. The van der Waals surface area contributed by atoms with E-state index in [2.05, 4.69) is 20.6 Å². The van der Waals surface area contributed by atoms with E-state index in [0.717, 1.165) is 11.6 Å². The van der Waals surface area contributed by atoms with E-state index in [9.17, 15) is 4.79 Å². The van der Waals surface area contributed by atoms with Crippen molar-refractivity contribution in [3.63, 3.8) is 0 Å². The van der Waals surface area contributed by atoms with Crippen molar-refractivity contribution < 1.29 is 4.79 Å². The Morgan fingerprint density at radius 1 is 1.04 bits per heavy atom. The molecule has 1 aromatic carbocycles. The van der Waals surface area contributed by atoms with E-state index >= 15 is 0 Å². The van der Waals surface area contributed by atoms with Gasteiger partial charge in [-0.15, -0.1) is 0 Å². The van der Waals surface area contributed by atoms with Crippen molar-refractivity contribution >= 4 is 11.7 Å². The van der Waals surface area contributed by atoms with Crippen LogP contribution in [0.15, 0.2) is 60.9 Å². The van der Waals surface area contributed by atoms with Crippen molar-refractivity contribution in [1.82, 2.24) is 19.9 Å². The second-order valence-electron chi connectivity index (χ2n) is 5.30.